The van der Waals surface area contributed by atoms with E-state index < -0.39 is 13.9 Å². The molecule has 0 saturated carbocycles. The molecule has 0 N–H and O–H groups in total. The normalized spacial score (nSPS) is 21.3. The van der Waals surface area contributed by atoms with Crippen molar-refractivity contribution in [3.05, 3.63) is 11.9 Å². The van der Waals surface area contributed by atoms with E-state index in [1.54, 1.807) is 0 Å². The minimum Gasteiger partial charge on any atom is -0.444 e. The number of aromatic nitrogens is 2. The van der Waals surface area contributed by atoms with Crippen LogP contribution in [0.1, 0.15) is 94.1 Å². The monoisotopic (exact) mass is 596 g/mol. The third-order valence-electron chi connectivity index (χ3n) is 9.23. The van der Waals surface area contributed by atoms with Gasteiger partial charge in [-0.05, 0) is 57.2 Å². The predicted molar refractivity (Wildman–Crippen MR) is 167 cm³/mol. The van der Waals surface area contributed by atoms with Gasteiger partial charge < -0.3 is 14.1 Å². The van der Waals surface area contributed by atoms with E-state index in [1.165, 1.54) is 18.7 Å². The van der Waals surface area contributed by atoms with Crippen LogP contribution in [0.15, 0.2) is 6.33 Å². The van der Waals surface area contributed by atoms with Gasteiger partial charge >= 0.3 is 6.09 Å². The van der Waals surface area contributed by atoms with Crippen LogP contribution in [-0.4, -0.2) is 68.2 Å². The third-order valence-corrected chi connectivity index (χ3v) is 15.3. The highest BCUT2D eigenvalue weighted by molar-refractivity contribution is 6.77. The Kier molecular flexibility index (Phi) is 10.5. The van der Waals surface area contributed by atoms with E-state index in [9.17, 15) is 4.79 Å². The molecule has 0 spiro atoms. The molecule has 0 aromatic carbocycles. The van der Waals surface area contributed by atoms with Gasteiger partial charge in [0.15, 0.2) is 8.32 Å². The van der Waals surface area contributed by atoms with E-state index in [4.69, 9.17) is 14.1 Å². The maximum atomic E-state index is 13.9. The van der Waals surface area contributed by atoms with Gasteiger partial charge in [0, 0.05) is 19.5 Å². The lowest BCUT2D eigenvalue weighted by Gasteiger charge is -2.44. The van der Waals surface area contributed by atoms with E-state index in [0.717, 1.165) is 37.4 Å². The van der Waals surface area contributed by atoms with Crippen LogP contribution < -0.4 is 14.4 Å². The standard InChI is InChI=1S/C30H54N5O3Si.ClH/c1-11-32-17-25(19-37-39(21(2)3,22(4)5)23(6)7)35(29(36)38-30(8,9)10)18-26-27(32)31-20-33-16-14-24-13-12-15-34(24)28(26)33;/h20-25H,11-19H2,1-10H3;1H/q+1;/t24-,25-;/m0./s1. The Morgan fingerprint density at radius 1 is 1.12 bits per heavy atom. The molecule has 4 heterocycles. The lowest BCUT2D eigenvalue weighted by atomic mass is 10.1. The summed E-state index contributed by atoms with van der Waals surface area (Å²) in [5.74, 6) is 2.25. The van der Waals surface area contributed by atoms with Crippen LogP contribution in [-0.2, 0) is 22.3 Å². The number of halogens is 1. The minimum atomic E-state index is -2.12. The van der Waals surface area contributed by atoms with Crippen LogP contribution in [0.2, 0.25) is 16.6 Å². The van der Waals surface area contributed by atoms with Crippen molar-refractivity contribution in [3.63, 3.8) is 0 Å². The lowest BCUT2D eigenvalue weighted by Crippen LogP contribution is -2.54. The number of likely N-dealkylation sites (N-methyl/N-ethyl adjacent to an activating group) is 1. The van der Waals surface area contributed by atoms with Gasteiger partial charge in [0.1, 0.15) is 11.2 Å². The van der Waals surface area contributed by atoms with Gasteiger partial charge in [0.25, 0.3) is 0 Å². The fourth-order valence-electron chi connectivity index (χ4n) is 7.58. The fourth-order valence-corrected chi connectivity index (χ4v) is 13.1. The molecule has 0 radical (unpaired) electrons. The van der Waals surface area contributed by atoms with Crippen LogP contribution >= 0.6 is 12.4 Å². The zero-order valence-corrected chi connectivity index (χ0v) is 28.5. The first-order valence-electron chi connectivity index (χ1n) is 15.4. The van der Waals surface area contributed by atoms with E-state index in [2.05, 4.69) is 62.8 Å². The second-order valence-electron chi connectivity index (χ2n) is 13.8. The van der Waals surface area contributed by atoms with Gasteiger partial charge in [0.05, 0.1) is 38.3 Å². The van der Waals surface area contributed by atoms with E-state index >= 15 is 0 Å². The number of ether oxygens (including phenoxy) is 1. The van der Waals surface area contributed by atoms with Crippen LogP contribution in [0.25, 0.3) is 0 Å². The van der Waals surface area contributed by atoms with Crippen LogP contribution in [0.3, 0.4) is 0 Å². The molecule has 8 nitrogen and oxygen atoms in total. The number of hydrogen-bond donors (Lipinski definition) is 0. The fraction of sp³-hybridized carbons (Fsp3) is 0.833. The summed E-state index contributed by atoms with van der Waals surface area (Å²) in [6, 6.07) is 0.453. The van der Waals surface area contributed by atoms with Crippen molar-refractivity contribution in [2.75, 3.05) is 36.0 Å². The quantitative estimate of drug-likeness (QED) is 0.272. The summed E-state index contributed by atoms with van der Waals surface area (Å²) in [5, 5.41) is 0. The van der Waals surface area contributed by atoms with E-state index in [-0.39, 0.29) is 24.5 Å². The molecule has 40 heavy (non-hydrogen) atoms. The number of fused-ring (bicyclic) bond motifs is 5. The smallest absolute Gasteiger partial charge is 0.410 e. The number of hydrogen-bond acceptors (Lipinski definition) is 6. The topological polar surface area (TPSA) is 62.0 Å². The number of aryl methyl sites for hydroxylation is 1. The molecule has 3 aliphatic heterocycles. The summed E-state index contributed by atoms with van der Waals surface area (Å²) in [7, 11) is -2.12. The largest absolute Gasteiger partial charge is 0.444 e. The molecular formula is C30H55ClN5O3Si+. The molecule has 3 aliphatic rings. The number of carbonyl (C=O) groups is 1. The van der Waals surface area contributed by atoms with Gasteiger partial charge in [-0.1, -0.05) is 46.5 Å². The van der Waals surface area contributed by atoms with Gasteiger partial charge in [-0.3, -0.25) is 9.80 Å². The summed E-state index contributed by atoms with van der Waals surface area (Å²) < 4.78 is 15.5. The van der Waals surface area contributed by atoms with Crippen molar-refractivity contribution in [1.29, 1.82) is 0 Å². The molecular weight excluding hydrogens is 542 g/mol. The Hall–Kier alpha value is -1.58. The second-order valence-corrected chi connectivity index (χ2v) is 19.2. The maximum absolute atomic E-state index is 13.9. The van der Waals surface area contributed by atoms with Crippen LogP contribution in [0.5, 0.6) is 0 Å². The van der Waals surface area contributed by atoms with Gasteiger partial charge in [0.2, 0.25) is 18.0 Å². The lowest BCUT2D eigenvalue weighted by molar-refractivity contribution is -0.692. The molecule has 4 rings (SSSR count). The first-order chi connectivity index (χ1) is 18.3. The molecule has 1 saturated heterocycles. The SMILES string of the molecule is CCN1C[C@@H](CO[Si](C(C)C)(C(C)C)C(C)C)N(C(=O)OC(C)(C)C)Cc2c1nc[n+]1c2N2CCC[C@H]2CC1.Cl. The van der Waals surface area contributed by atoms with Gasteiger partial charge in [-0.2, -0.15) is 0 Å². The minimum absolute atomic E-state index is 0. The summed E-state index contributed by atoms with van der Waals surface area (Å²) in [5.41, 5.74) is 2.02. The molecule has 10 heteroatoms. The molecule has 1 aromatic heterocycles. The number of carbonyl (C=O) groups excluding carboxylic acids is 1. The Morgan fingerprint density at radius 2 is 1.77 bits per heavy atom. The summed E-state index contributed by atoms with van der Waals surface area (Å²) in [4.78, 5) is 25.8. The number of amides is 1. The number of anilines is 2. The second kappa shape index (κ2) is 12.7. The Balaban J connectivity index is 0.00000441. The molecule has 0 bridgehead atoms. The molecule has 0 unspecified atom stereocenters. The van der Waals surface area contributed by atoms with E-state index in [0.29, 0.717) is 42.4 Å². The van der Waals surface area contributed by atoms with Crippen molar-refractivity contribution in [3.8, 4) is 0 Å². The highest BCUT2D eigenvalue weighted by atomic mass is 35.5. The molecule has 1 amide bonds. The van der Waals surface area contributed by atoms with Crippen molar-refractivity contribution in [2.45, 2.75) is 136 Å². The van der Waals surface area contributed by atoms with Crippen molar-refractivity contribution >= 4 is 38.5 Å². The summed E-state index contributed by atoms with van der Waals surface area (Å²) in [6.07, 6.45) is 5.38. The van der Waals surface area contributed by atoms with E-state index in [1.807, 2.05) is 32.0 Å². The van der Waals surface area contributed by atoms with Crippen LogP contribution in [0.4, 0.5) is 16.4 Å². The zero-order chi connectivity index (χ0) is 28.7. The third kappa shape index (κ3) is 6.26. The van der Waals surface area contributed by atoms with Crippen molar-refractivity contribution < 1.29 is 18.5 Å². The first-order valence-corrected chi connectivity index (χ1v) is 17.5. The van der Waals surface area contributed by atoms with Crippen molar-refractivity contribution in [1.82, 2.24) is 9.88 Å². The zero-order valence-electron chi connectivity index (χ0n) is 26.7. The molecule has 2 atom stereocenters. The maximum Gasteiger partial charge on any atom is 0.410 e. The summed E-state index contributed by atoms with van der Waals surface area (Å²) in [6.45, 7) is 26.5. The highest BCUT2D eigenvalue weighted by Gasteiger charge is 2.47. The summed E-state index contributed by atoms with van der Waals surface area (Å²) >= 11 is 0. The van der Waals surface area contributed by atoms with Gasteiger partial charge in [-0.15, -0.1) is 12.4 Å². The average molecular weight is 597 g/mol. The Bertz CT molecular complexity index is 1010. The molecule has 228 valence electrons. The first kappa shape index (κ1) is 32.9. The highest BCUT2D eigenvalue weighted by Crippen LogP contribution is 2.43. The predicted octanol–water partition coefficient (Wildman–Crippen LogP) is 6.30. The molecule has 1 fully saturated rings. The van der Waals surface area contributed by atoms with Crippen LogP contribution in [0, 0.1) is 0 Å². The molecule has 1 aromatic rings. The van der Waals surface area contributed by atoms with Gasteiger partial charge in [-0.25, -0.2) is 9.36 Å². The number of nitrogens with zero attached hydrogens (tertiary/aromatic N) is 5. The Morgan fingerprint density at radius 3 is 2.35 bits per heavy atom. The van der Waals surface area contributed by atoms with Crippen molar-refractivity contribution in [2.24, 2.45) is 0 Å². The number of rotatable bonds is 7. The Labute approximate surface area is 250 Å². The molecule has 0 aliphatic carbocycles. The average Bonchev–Trinajstić information content (AvgIpc) is 3.25.